The lowest BCUT2D eigenvalue weighted by Gasteiger charge is -2.33. The monoisotopic (exact) mass is 342 g/mol. The molecule has 96 valence electrons. The number of alkyl halides is 4. The molecule has 0 amide bonds. The molecule has 1 aromatic carbocycles. The van der Waals surface area contributed by atoms with E-state index in [0.717, 1.165) is 0 Å². The first-order valence-electron chi connectivity index (χ1n) is 4.89. The van der Waals surface area contributed by atoms with Crippen molar-refractivity contribution in [2.45, 2.75) is 8.67 Å². The number of benzene rings is 1. The van der Waals surface area contributed by atoms with Gasteiger partial charge in [0, 0.05) is 0 Å². The maximum absolute atomic E-state index is 9.44. The normalized spacial score (nSPS) is 21.2. The lowest BCUT2D eigenvalue weighted by atomic mass is 9.98. The maximum Gasteiger partial charge on any atom is 0.189 e. The molecule has 0 atom stereocenters. The molecule has 0 aliphatic heterocycles. The molecule has 0 unspecified atom stereocenters. The summed E-state index contributed by atoms with van der Waals surface area (Å²) in [5.74, 6) is 0.126. The van der Waals surface area contributed by atoms with Gasteiger partial charge in [-0.25, -0.2) is 0 Å². The minimum atomic E-state index is -1.60. The number of hydrogen-bond acceptors (Lipinski definition) is 1. The zero-order chi connectivity index (χ0) is 13.6. The first-order valence-corrected chi connectivity index (χ1v) is 6.78. The number of halogens is 5. The highest BCUT2D eigenvalue weighted by Gasteiger charge is 2.50. The van der Waals surface area contributed by atoms with Gasteiger partial charge in [0.2, 0.25) is 0 Å². The van der Waals surface area contributed by atoms with Gasteiger partial charge in [-0.3, -0.25) is 0 Å². The summed E-state index contributed by atoms with van der Waals surface area (Å²) in [6.45, 7) is 0. The molecule has 0 saturated heterocycles. The SMILES string of the molecule is Oc1cccc(C2=CC(Cl)(Cl)C(Cl)(Cl)C(Cl)=C2)c1. The highest BCUT2D eigenvalue weighted by molar-refractivity contribution is 6.68. The Hall–Kier alpha value is -0.0500. The van der Waals surface area contributed by atoms with E-state index in [-0.39, 0.29) is 10.8 Å². The number of aromatic hydroxyl groups is 1. The Balaban J connectivity index is 2.52. The predicted molar refractivity (Wildman–Crippen MR) is 78.9 cm³/mol. The van der Waals surface area contributed by atoms with Gasteiger partial charge in [-0.05, 0) is 35.4 Å². The van der Waals surface area contributed by atoms with Crippen LogP contribution in [0.3, 0.4) is 0 Å². The Morgan fingerprint density at radius 3 is 2.28 bits per heavy atom. The minimum Gasteiger partial charge on any atom is -0.508 e. The molecule has 1 aliphatic carbocycles. The van der Waals surface area contributed by atoms with Gasteiger partial charge in [-0.15, -0.1) is 0 Å². The van der Waals surface area contributed by atoms with Crippen LogP contribution in [0.5, 0.6) is 5.75 Å². The van der Waals surface area contributed by atoms with Crippen molar-refractivity contribution in [2.75, 3.05) is 0 Å². The van der Waals surface area contributed by atoms with E-state index in [0.29, 0.717) is 11.1 Å². The lowest BCUT2D eigenvalue weighted by molar-refractivity contribution is 0.475. The fourth-order valence-electron chi connectivity index (χ4n) is 1.57. The molecular weight excluding hydrogens is 337 g/mol. The van der Waals surface area contributed by atoms with Crippen LogP contribution in [0.2, 0.25) is 0 Å². The van der Waals surface area contributed by atoms with Crippen molar-refractivity contribution >= 4 is 63.6 Å². The molecule has 0 bridgehead atoms. The third-order valence-electron chi connectivity index (χ3n) is 2.52. The number of phenolic OH excluding ortho intramolecular Hbond substituents is 1. The van der Waals surface area contributed by atoms with Crippen molar-refractivity contribution in [1.29, 1.82) is 0 Å². The summed E-state index contributed by atoms with van der Waals surface area (Å²) in [5, 5.41) is 9.57. The second-order valence-corrected chi connectivity index (χ2v) is 6.96. The Morgan fingerprint density at radius 2 is 1.72 bits per heavy atom. The summed E-state index contributed by atoms with van der Waals surface area (Å²) in [6, 6.07) is 6.60. The van der Waals surface area contributed by atoms with Gasteiger partial charge in [0.15, 0.2) is 8.67 Å². The molecule has 0 heterocycles. The molecule has 0 saturated carbocycles. The molecule has 1 aromatic rings. The Morgan fingerprint density at radius 1 is 1.06 bits per heavy atom. The van der Waals surface area contributed by atoms with Gasteiger partial charge < -0.3 is 5.11 Å². The molecule has 1 N–H and O–H groups in total. The van der Waals surface area contributed by atoms with Crippen LogP contribution in [-0.4, -0.2) is 13.8 Å². The van der Waals surface area contributed by atoms with Gasteiger partial charge in [0.25, 0.3) is 0 Å². The average Bonchev–Trinajstić information content (AvgIpc) is 2.25. The lowest BCUT2D eigenvalue weighted by Crippen LogP contribution is -2.37. The van der Waals surface area contributed by atoms with Crippen LogP contribution < -0.4 is 0 Å². The third kappa shape index (κ3) is 2.48. The summed E-state index contributed by atoms with van der Waals surface area (Å²) in [6.07, 6.45) is 3.07. The van der Waals surface area contributed by atoms with Crippen LogP contribution in [0.4, 0.5) is 0 Å². The summed E-state index contributed by atoms with van der Waals surface area (Å²) >= 11 is 30.2. The predicted octanol–water partition coefficient (Wildman–Crippen LogP) is 5.26. The molecular formula is C12H7Cl5O. The van der Waals surface area contributed by atoms with Crippen molar-refractivity contribution in [3.63, 3.8) is 0 Å². The Bertz CT molecular complexity index is 545. The molecule has 0 fully saturated rings. The second kappa shape index (κ2) is 4.81. The molecule has 1 aliphatic rings. The largest absolute Gasteiger partial charge is 0.508 e. The summed E-state index contributed by atoms with van der Waals surface area (Å²) < 4.78 is -3.15. The molecule has 2 rings (SSSR count). The number of allylic oxidation sites excluding steroid dienone is 4. The summed E-state index contributed by atoms with van der Waals surface area (Å²) in [7, 11) is 0. The van der Waals surface area contributed by atoms with Crippen molar-refractivity contribution in [3.05, 3.63) is 47.0 Å². The zero-order valence-corrected chi connectivity index (χ0v) is 12.6. The highest BCUT2D eigenvalue weighted by Crippen LogP contribution is 2.53. The van der Waals surface area contributed by atoms with E-state index >= 15 is 0 Å². The molecule has 0 spiro atoms. The molecule has 0 aromatic heterocycles. The summed E-state index contributed by atoms with van der Waals surface area (Å²) in [4.78, 5) is 0. The van der Waals surface area contributed by atoms with Crippen molar-refractivity contribution in [1.82, 2.24) is 0 Å². The van der Waals surface area contributed by atoms with Crippen LogP contribution in [0.15, 0.2) is 41.4 Å². The highest BCUT2D eigenvalue weighted by atomic mass is 35.5. The van der Waals surface area contributed by atoms with E-state index in [2.05, 4.69) is 0 Å². The van der Waals surface area contributed by atoms with E-state index in [1.165, 1.54) is 6.08 Å². The number of phenols is 1. The van der Waals surface area contributed by atoms with Gasteiger partial charge >= 0.3 is 0 Å². The molecule has 18 heavy (non-hydrogen) atoms. The molecule has 0 radical (unpaired) electrons. The van der Waals surface area contributed by atoms with E-state index in [9.17, 15) is 5.11 Å². The van der Waals surface area contributed by atoms with Crippen LogP contribution in [0.25, 0.3) is 5.57 Å². The van der Waals surface area contributed by atoms with Crippen molar-refractivity contribution in [3.8, 4) is 5.75 Å². The van der Waals surface area contributed by atoms with E-state index in [4.69, 9.17) is 58.0 Å². The van der Waals surface area contributed by atoms with Gasteiger partial charge in [0.05, 0.1) is 5.03 Å². The topological polar surface area (TPSA) is 20.2 Å². The quantitative estimate of drug-likeness (QED) is 0.689. The van der Waals surface area contributed by atoms with Gasteiger partial charge in [-0.1, -0.05) is 70.1 Å². The van der Waals surface area contributed by atoms with E-state index in [1.807, 2.05) is 0 Å². The third-order valence-corrected chi connectivity index (χ3v) is 5.28. The number of hydrogen-bond donors (Lipinski definition) is 1. The first kappa shape index (κ1) is 14.4. The standard InChI is InChI=1S/C12H7Cl5O/c13-10-5-8(6-11(14,15)12(10,16)17)7-2-1-3-9(18)4-7/h1-6,18H. The average molecular weight is 344 g/mol. The van der Waals surface area contributed by atoms with E-state index in [1.54, 1.807) is 30.3 Å². The molecule has 1 nitrogen and oxygen atoms in total. The number of rotatable bonds is 1. The van der Waals surface area contributed by atoms with Crippen LogP contribution >= 0.6 is 58.0 Å². The summed E-state index contributed by atoms with van der Waals surface area (Å²) in [5.41, 5.74) is 1.35. The minimum absolute atomic E-state index is 0.122. The Labute approximate surface area is 130 Å². The van der Waals surface area contributed by atoms with Gasteiger partial charge in [0.1, 0.15) is 5.75 Å². The molecule has 6 heteroatoms. The first-order chi connectivity index (χ1) is 8.24. The smallest absolute Gasteiger partial charge is 0.189 e. The maximum atomic E-state index is 9.44. The van der Waals surface area contributed by atoms with Crippen molar-refractivity contribution < 1.29 is 5.11 Å². The van der Waals surface area contributed by atoms with Crippen LogP contribution in [0.1, 0.15) is 5.56 Å². The van der Waals surface area contributed by atoms with E-state index < -0.39 is 8.67 Å². The van der Waals surface area contributed by atoms with Crippen LogP contribution in [-0.2, 0) is 0 Å². The Kier molecular flexibility index (Phi) is 3.84. The van der Waals surface area contributed by atoms with Crippen molar-refractivity contribution in [2.24, 2.45) is 0 Å². The zero-order valence-electron chi connectivity index (χ0n) is 8.80. The fraction of sp³-hybridized carbons (Fsp3) is 0.167. The van der Waals surface area contributed by atoms with Crippen LogP contribution in [0, 0.1) is 0 Å². The van der Waals surface area contributed by atoms with Gasteiger partial charge in [-0.2, -0.15) is 0 Å². The second-order valence-electron chi connectivity index (χ2n) is 3.84. The fourth-order valence-corrected chi connectivity index (χ4v) is 2.59.